The molecule has 1 unspecified atom stereocenters. The Morgan fingerprint density at radius 2 is 1.90 bits per heavy atom. The van der Waals surface area contributed by atoms with Gasteiger partial charge in [0.15, 0.2) is 0 Å². The molecular formula is C16H28ClN3. The normalized spacial score (nSPS) is 12.8. The Bertz CT molecular complexity index is 405. The summed E-state index contributed by atoms with van der Waals surface area (Å²) >= 11 is 6.14. The summed E-state index contributed by atoms with van der Waals surface area (Å²) in [5, 5.41) is 0.786. The molecule has 1 rings (SSSR count). The summed E-state index contributed by atoms with van der Waals surface area (Å²) in [6.45, 7) is 7.37. The first-order valence-electron chi connectivity index (χ1n) is 7.37. The highest BCUT2D eigenvalue weighted by molar-refractivity contribution is 6.30. The molecule has 0 amide bonds. The van der Waals surface area contributed by atoms with Crippen LogP contribution >= 0.6 is 11.6 Å². The third-order valence-corrected chi connectivity index (χ3v) is 3.47. The van der Waals surface area contributed by atoms with Crippen LogP contribution in [0.4, 0.5) is 5.69 Å². The smallest absolute Gasteiger partial charge is 0.0410 e. The van der Waals surface area contributed by atoms with Crippen LogP contribution in [0, 0.1) is 0 Å². The second-order valence-electron chi connectivity index (χ2n) is 5.74. The molecule has 0 fully saturated rings. The van der Waals surface area contributed by atoms with E-state index < -0.39 is 0 Å². The minimum Gasteiger partial charge on any atom is -0.370 e. The predicted molar refractivity (Wildman–Crippen MR) is 89.9 cm³/mol. The summed E-state index contributed by atoms with van der Waals surface area (Å²) in [6, 6.07) is 6.30. The fraction of sp³-hybridized carbons (Fsp3) is 0.625. The van der Waals surface area contributed by atoms with Gasteiger partial charge in [0.1, 0.15) is 0 Å². The molecule has 4 heteroatoms. The SMILES string of the molecule is CCCN(CCN(C)C)c1ccc(Cl)cc1CC(C)N. The second-order valence-corrected chi connectivity index (χ2v) is 6.18. The van der Waals surface area contributed by atoms with Crippen molar-refractivity contribution in [2.24, 2.45) is 5.73 Å². The first-order valence-corrected chi connectivity index (χ1v) is 7.75. The number of nitrogens with two attached hydrogens (primary N) is 1. The Morgan fingerprint density at radius 3 is 2.45 bits per heavy atom. The minimum absolute atomic E-state index is 0.143. The molecule has 0 aromatic heterocycles. The van der Waals surface area contributed by atoms with Gasteiger partial charge in [-0.1, -0.05) is 18.5 Å². The van der Waals surface area contributed by atoms with Crippen LogP contribution in [0.2, 0.25) is 5.02 Å². The lowest BCUT2D eigenvalue weighted by molar-refractivity contribution is 0.412. The maximum absolute atomic E-state index is 6.14. The molecule has 0 radical (unpaired) electrons. The monoisotopic (exact) mass is 297 g/mol. The Morgan fingerprint density at radius 1 is 1.20 bits per heavy atom. The number of likely N-dealkylation sites (N-methyl/N-ethyl adjacent to an activating group) is 1. The van der Waals surface area contributed by atoms with Gasteiger partial charge in [0, 0.05) is 36.4 Å². The molecule has 3 nitrogen and oxygen atoms in total. The zero-order valence-corrected chi connectivity index (χ0v) is 14.0. The van der Waals surface area contributed by atoms with Gasteiger partial charge in [-0.05, 0) is 57.6 Å². The van der Waals surface area contributed by atoms with E-state index in [1.165, 1.54) is 11.3 Å². The van der Waals surface area contributed by atoms with Gasteiger partial charge >= 0.3 is 0 Å². The summed E-state index contributed by atoms with van der Waals surface area (Å²) in [7, 11) is 4.21. The topological polar surface area (TPSA) is 32.5 Å². The van der Waals surface area contributed by atoms with Gasteiger partial charge in [0.2, 0.25) is 0 Å². The molecule has 0 saturated heterocycles. The van der Waals surface area contributed by atoms with Crippen LogP contribution in [0.1, 0.15) is 25.8 Å². The standard InChI is InChI=1S/C16H28ClN3/c1-5-8-20(10-9-19(3)4)16-7-6-15(17)12-14(16)11-13(2)18/h6-7,12-13H,5,8-11,18H2,1-4H3. The fourth-order valence-corrected chi connectivity index (χ4v) is 2.51. The van der Waals surface area contributed by atoms with E-state index in [0.29, 0.717) is 0 Å². The molecule has 2 N–H and O–H groups in total. The molecule has 20 heavy (non-hydrogen) atoms. The Labute approximate surface area is 128 Å². The highest BCUT2D eigenvalue weighted by atomic mass is 35.5. The van der Waals surface area contributed by atoms with E-state index in [4.69, 9.17) is 17.3 Å². The second kappa shape index (κ2) is 8.50. The summed E-state index contributed by atoms with van der Waals surface area (Å²) in [5.41, 5.74) is 8.49. The Balaban J connectivity index is 2.98. The highest BCUT2D eigenvalue weighted by Gasteiger charge is 2.12. The van der Waals surface area contributed by atoms with Crippen molar-refractivity contribution in [1.82, 2.24) is 4.90 Å². The largest absolute Gasteiger partial charge is 0.370 e. The van der Waals surface area contributed by atoms with Crippen molar-refractivity contribution < 1.29 is 0 Å². The van der Waals surface area contributed by atoms with E-state index in [9.17, 15) is 0 Å². The molecule has 1 aromatic carbocycles. The molecule has 0 bridgehead atoms. The van der Waals surface area contributed by atoms with E-state index in [1.54, 1.807) is 0 Å². The van der Waals surface area contributed by atoms with Gasteiger partial charge < -0.3 is 15.5 Å². The lowest BCUT2D eigenvalue weighted by Crippen LogP contribution is -2.33. The number of hydrogen-bond acceptors (Lipinski definition) is 3. The number of anilines is 1. The number of benzene rings is 1. The molecule has 0 heterocycles. The molecule has 0 saturated carbocycles. The first kappa shape index (κ1) is 17.3. The molecule has 0 aliphatic carbocycles. The molecule has 1 aromatic rings. The summed E-state index contributed by atoms with van der Waals surface area (Å²) in [5.74, 6) is 0. The van der Waals surface area contributed by atoms with Crippen molar-refractivity contribution in [2.45, 2.75) is 32.7 Å². The summed E-state index contributed by atoms with van der Waals surface area (Å²) < 4.78 is 0. The summed E-state index contributed by atoms with van der Waals surface area (Å²) in [4.78, 5) is 4.65. The van der Waals surface area contributed by atoms with Crippen LogP contribution in [-0.4, -0.2) is 44.7 Å². The lowest BCUT2D eigenvalue weighted by Gasteiger charge is -2.28. The zero-order valence-electron chi connectivity index (χ0n) is 13.2. The molecule has 0 spiro atoms. The van der Waals surface area contributed by atoms with Gasteiger partial charge in [-0.25, -0.2) is 0 Å². The molecule has 1 atom stereocenters. The third-order valence-electron chi connectivity index (χ3n) is 3.23. The first-order chi connectivity index (χ1) is 9.43. The lowest BCUT2D eigenvalue weighted by atomic mass is 10.0. The van der Waals surface area contributed by atoms with E-state index in [0.717, 1.165) is 37.5 Å². The van der Waals surface area contributed by atoms with Crippen LogP contribution in [0.15, 0.2) is 18.2 Å². The van der Waals surface area contributed by atoms with Crippen molar-refractivity contribution in [1.29, 1.82) is 0 Å². The molecule has 0 aliphatic rings. The van der Waals surface area contributed by atoms with Gasteiger partial charge in [-0.15, -0.1) is 0 Å². The molecule has 114 valence electrons. The van der Waals surface area contributed by atoms with Crippen molar-refractivity contribution in [3.05, 3.63) is 28.8 Å². The van der Waals surface area contributed by atoms with Gasteiger partial charge in [-0.3, -0.25) is 0 Å². The van der Waals surface area contributed by atoms with E-state index in [2.05, 4.69) is 43.0 Å². The Hall–Kier alpha value is -0.770. The minimum atomic E-state index is 0.143. The Kier molecular flexibility index (Phi) is 7.35. The number of hydrogen-bond donors (Lipinski definition) is 1. The maximum Gasteiger partial charge on any atom is 0.0410 e. The van der Waals surface area contributed by atoms with Crippen molar-refractivity contribution in [3.63, 3.8) is 0 Å². The number of halogens is 1. The van der Waals surface area contributed by atoms with Crippen LogP contribution < -0.4 is 10.6 Å². The van der Waals surface area contributed by atoms with E-state index >= 15 is 0 Å². The van der Waals surface area contributed by atoms with E-state index in [-0.39, 0.29) is 6.04 Å². The van der Waals surface area contributed by atoms with Crippen LogP contribution in [0.25, 0.3) is 0 Å². The zero-order chi connectivity index (χ0) is 15.1. The van der Waals surface area contributed by atoms with Crippen LogP contribution in [-0.2, 0) is 6.42 Å². The average molecular weight is 298 g/mol. The fourth-order valence-electron chi connectivity index (χ4n) is 2.32. The van der Waals surface area contributed by atoms with E-state index in [1.807, 2.05) is 13.0 Å². The average Bonchev–Trinajstić information content (AvgIpc) is 2.34. The van der Waals surface area contributed by atoms with Gasteiger partial charge in [0.05, 0.1) is 0 Å². The maximum atomic E-state index is 6.14. The quantitative estimate of drug-likeness (QED) is 0.800. The molecule has 0 aliphatic heterocycles. The van der Waals surface area contributed by atoms with Crippen molar-refractivity contribution in [2.75, 3.05) is 38.6 Å². The van der Waals surface area contributed by atoms with Crippen LogP contribution in [0.3, 0.4) is 0 Å². The molecular weight excluding hydrogens is 270 g/mol. The van der Waals surface area contributed by atoms with Crippen molar-refractivity contribution in [3.8, 4) is 0 Å². The third kappa shape index (κ3) is 5.70. The predicted octanol–water partition coefficient (Wildman–Crippen LogP) is 3.01. The number of nitrogens with zero attached hydrogens (tertiary/aromatic N) is 2. The highest BCUT2D eigenvalue weighted by Crippen LogP contribution is 2.25. The van der Waals surface area contributed by atoms with Gasteiger partial charge in [-0.2, -0.15) is 0 Å². The van der Waals surface area contributed by atoms with Crippen molar-refractivity contribution >= 4 is 17.3 Å². The number of rotatable bonds is 8. The van der Waals surface area contributed by atoms with Crippen LogP contribution in [0.5, 0.6) is 0 Å². The van der Waals surface area contributed by atoms with Gasteiger partial charge in [0.25, 0.3) is 0 Å². The summed E-state index contributed by atoms with van der Waals surface area (Å²) in [6.07, 6.45) is 1.99.